The maximum absolute atomic E-state index is 12.5. The molecule has 2 amide bonds. The Hall–Kier alpha value is -1.06. The van der Waals surface area contributed by atoms with Gasteiger partial charge in [0.25, 0.3) is 0 Å². The molecule has 3 atom stereocenters. The number of carbonyl (C=O) groups is 2. The van der Waals surface area contributed by atoms with Gasteiger partial charge in [0.2, 0.25) is 11.8 Å². The molecule has 0 radical (unpaired) electrons. The third-order valence-electron chi connectivity index (χ3n) is 5.31. The van der Waals surface area contributed by atoms with Crippen molar-refractivity contribution in [3.63, 3.8) is 0 Å². The molecular formula is C17H28N2O2. The third kappa shape index (κ3) is 3.78. The monoisotopic (exact) mass is 292 g/mol. The molecule has 1 heterocycles. The highest BCUT2D eigenvalue weighted by molar-refractivity contribution is 5.83. The van der Waals surface area contributed by atoms with Crippen LogP contribution in [0, 0.1) is 17.8 Å². The summed E-state index contributed by atoms with van der Waals surface area (Å²) in [6, 6.07) is 0.357. The highest BCUT2D eigenvalue weighted by atomic mass is 16.2. The van der Waals surface area contributed by atoms with Crippen LogP contribution in [0.5, 0.6) is 0 Å². The molecule has 3 fully saturated rings. The van der Waals surface area contributed by atoms with E-state index >= 15 is 0 Å². The second-order valence-electron chi connectivity index (χ2n) is 7.37. The van der Waals surface area contributed by atoms with Gasteiger partial charge in [-0.05, 0) is 44.4 Å². The van der Waals surface area contributed by atoms with Gasteiger partial charge in [0.05, 0.1) is 5.92 Å². The Morgan fingerprint density at radius 2 is 1.81 bits per heavy atom. The highest BCUT2D eigenvalue weighted by Gasteiger charge is 2.37. The highest BCUT2D eigenvalue weighted by Crippen LogP contribution is 2.32. The standard InChI is InChI=1S/C17H28N2O2/c1-12-4-2-6-15(10-12)18-16(20)14-5-3-9-19(11-14)17(21)13-7-8-13/h12-15H,2-11H2,1H3,(H,18,20)/t12-,14-,15+/m1/s1. The van der Waals surface area contributed by atoms with Crippen molar-refractivity contribution < 1.29 is 9.59 Å². The zero-order valence-corrected chi connectivity index (χ0v) is 13.1. The third-order valence-corrected chi connectivity index (χ3v) is 5.31. The maximum atomic E-state index is 12.5. The van der Waals surface area contributed by atoms with Crippen molar-refractivity contribution in [1.82, 2.24) is 10.2 Å². The Morgan fingerprint density at radius 3 is 2.52 bits per heavy atom. The predicted molar refractivity (Wildman–Crippen MR) is 81.6 cm³/mol. The molecule has 4 nitrogen and oxygen atoms in total. The van der Waals surface area contributed by atoms with Crippen molar-refractivity contribution >= 4 is 11.8 Å². The zero-order valence-electron chi connectivity index (χ0n) is 13.1. The molecule has 1 aliphatic heterocycles. The summed E-state index contributed by atoms with van der Waals surface area (Å²) < 4.78 is 0. The van der Waals surface area contributed by atoms with Crippen LogP contribution in [0.15, 0.2) is 0 Å². The number of rotatable bonds is 3. The quantitative estimate of drug-likeness (QED) is 0.868. The average molecular weight is 292 g/mol. The molecule has 0 aromatic heterocycles. The largest absolute Gasteiger partial charge is 0.353 e. The van der Waals surface area contributed by atoms with Gasteiger partial charge in [-0.3, -0.25) is 9.59 Å². The Morgan fingerprint density at radius 1 is 1.00 bits per heavy atom. The minimum Gasteiger partial charge on any atom is -0.353 e. The number of nitrogens with one attached hydrogen (secondary N) is 1. The summed E-state index contributed by atoms with van der Waals surface area (Å²) in [5, 5.41) is 3.25. The number of nitrogens with zero attached hydrogens (tertiary/aromatic N) is 1. The van der Waals surface area contributed by atoms with E-state index in [0.29, 0.717) is 18.5 Å². The lowest BCUT2D eigenvalue weighted by molar-refractivity contribution is -0.137. The van der Waals surface area contributed by atoms with Gasteiger partial charge in [-0.25, -0.2) is 0 Å². The molecular weight excluding hydrogens is 264 g/mol. The summed E-state index contributed by atoms with van der Waals surface area (Å²) in [7, 11) is 0. The number of piperidine rings is 1. The fraction of sp³-hybridized carbons (Fsp3) is 0.882. The molecule has 1 N–H and O–H groups in total. The number of carbonyl (C=O) groups excluding carboxylic acids is 2. The molecule has 2 aliphatic carbocycles. The average Bonchev–Trinajstić information content (AvgIpc) is 3.31. The lowest BCUT2D eigenvalue weighted by Gasteiger charge is -2.34. The molecule has 2 saturated carbocycles. The zero-order chi connectivity index (χ0) is 14.8. The van der Waals surface area contributed by atoms with Crippen LogP contribution in [-0.4, -0.2) is 35.8 Å². The number of hydrogen-bond acceptors (Lipinski definition) is 2. The van der Waals surface area contributed by atoms with E-state index in [-0.39, 0.29) is 17.7 Å². The fourth-order valence-corrected chi connectivity index (χ4v) is 3.86. The summed E-state index contributed by atoms with van der Waals surface area (Å²) in [5.74, 6) is 1.48. The first kappa shape index (κ1) is 14.9. The van der Waals surface area contributed by atoms with Crippen molar-refractivity contribution in [1.29, 1.82) is 0 Å². The topological polar surface area (TPSA) is 49.4 Å². The van der Waals surface area contributed by atoms with Crippen LogP contribution in [0.4, 0.5) is 0 Å². The molecule has 21 heavy (non-hydrogen) atoms. The van der Waals surface area contributed by atoms with Crippen LogP contribution in [0.25, 0.3) is 0 Å². The van der Waals surface area contributed by atoms with Crippen LogP contribution < -0.4 is 5.32 Å². The van der Waals surface area contributed by atoms with Gasteiger partial charge in [-0.2, -0.15) is 0 Å². The molecule has 3 rings (SSSR count). The normalized spacial score (nSPS) is 33.6. The minimum atomic E-state index is 0.0127. The summed E-state index contributed by atoms with van der Waals surface area (Å²) in [6.07, 6.45) is 8.75. The number of amides is 2. The van der Waals surface area contributed by atoms with Gasteiger partial charge in [-0.15, -0.1) is 0 Å². The van der Waals surface area contributed by atoms with E-state index in [2.05, 4.69) is 12.2 Å². The Kier molecular flexibility index (Phi) is 4.51. The van der Waals surface area contributed by atoms with Crippen molar-refractivity contribution in [2.45, 2.75) is 64.3 Å². The Labute approximate surface area is 127 Å². The lowest BCUT2D eigenvalue weighted by Crippen LogP contribution is -2.48. The first-order valence-corrected chi connectivity index (χ1v) is 8.72. The van der Waals surface area contributed by atoms with Gasteiger partial charge in [0, 0.05) is 25.0 Å². The van der Waals surface area contributed by atoms with Crippen LogP contribution in [0.2, 0.25) is 0 Å². The van der Waals surface area contributed by atoms with E-state index in [0.717, 1.165) is 51.0 Å². The van der Waals surface area contributed by atoms with Crippen LogP contribution in [0.3, 0.4) is 0 Å². The van der Waals surface area contributed by atoms with Gasteiger partial charge in [0.1, 0.15) is 0 Å². The molecule has 4 heteroatoms. The van der Waals surface area contributed by atoms with Crippen molar-refractivity contribution in [2.75, 3.05) is 13.1 Å². The SMILES string of the molecule is C[C@@H]1CCC[C@H](NC(=O)[C@@H]2CCCN(C(=O)C3CC3)C2)C1. The maximum Gasteiger partial charge on any atom is 0.225 e. The molecule has 118 valence electrons. The summed E-state index contributed by atoms with van der Waals surface area (Å²) >= 11 is 0. The number of hydrogen-bond donors (Lipinski definition) is 1. The van der Waals surface area contributed by atoms with Gasteiger partial charge >= 0.3 is 0 Å². The van der Waals surface area contributed by atoms with Crippen LogP contribution in [0.1, 0.15) is 58.3 Å². The van der Waals surface area contributed by atoms with E-state index in [1.807, 2.05) is 4.90 Å². The van der Waals surface area contributed by atoms with Crippen LogP contribution in [-0.2, 0) is 9.59 Å². The van der Waals surface area contributed by atoms with Crippen LogP contribution >= 0.6 is 0 Å². The molecule has 0 aromatic rings. The van der Waals surface area contributed by atoms with Gasteiger partial charge in [-0.1, -0.05) is 19.8 Å². The Balaban J connectivity index is 1.50. The summed E-state index contributed by atoms with van der Waals surface area (Å²) in [6.45, 7) is 3.76. The lowest BCUT2D eigenvalue weighted by atomic mass is 9.86. The summed E-state index contributed by atoms with van der Waals surface area (Å²) in [5.41, 5.74) is 0. The first-order chi connectivity index (χ1) is 10.1. The minimum absolute atomic E-state index is 0.0127. The van der Waals surface area contributed by atoms with Crippen molar-refractivity contribution in [3.05, 3.63) is 0 Å². The first-order valence-electron chi connectivity index (χ1n) is 8.72. The van der Waals surface area contributed by atoms with Gasteiger partial charge < -0.3 is 10.2 Å². The second-order valence-corrected chi connectivity index (χ2v) is 7.37. The van der Waals surface area contributed by atoms with E-state index in [9.17, 15) is 9.59 Å². The van der Waals surface area contributed by atoms with Crippen molar-refractivity contribution in [3.8, 4) is 0 Å². The van der Waals surface area contributed by atoms with E-state index < -0.39 is 0 Å². The van der Waals surface area contributed by atoms with Crippen molar-refractivity contribution in [2.24, 2.45) is 17.8 Å². The summed E-state index contributed by atoms with van der Waals surface area (Å²) in [4.78, 5) is 26.6. The van der Waals surface area contributed by atoms with E-state index in [4.69, 9.17) is 0 Å². The molecule has 1 saturated heterocycles. The number of likely N-dealkylation sites (tertiary alicyclic amines) is 1. The molecule has 3 aliphatic rings. The Bertz CT molecular complexity index is 406. The molecule has 0 bridgehead atoms. The predicted octanol–water partition coefficient (Wildman–Crippen LogP) is 2.33. The van der Waals surface area contributed by atoms with E-state index in [1.165, 1.54) is 12.8 Å². The molecule has 0 aromatic carbocycles. The smallest absolute Gasteiger partial charge is 0.225 e. The van der Waals surface area contributed by atoms with E-state index in [1.54, 1.807) is 0 Å². The molecule has 0 unspecified atom stereocenters. The molecule has 0 spiro atoms. The second kappa shape index (κ2) is 6.37. The van der Waals surface area contributed by atoms with Gasteiger partial charge in [0.15, 0.2) is 0 Å². The fourth-order valence-electron chi connectivity index (χ4n) is 3.86.